The average molecular weight is 609 g/mol. The van der Waals surface area contributed by atoms with E-state index in [4.69, 9.17) is 35.5 Å². The molecule has 0 unspecified atom stereocenters. The second kappa shape index (κ2) is 20.0. The van der Waals surface area contributed by atoms with E-state index in [1.807, 2.05) is 13.8 Å². The quantitative estimate of drug-likeness (QED) is 0.203. The molecule has 0 saturated heterocycles. The van der Waals surface area contributed by atoms with Gasteiger partial charge in [-0.3, -0.25) is 9.59 Å². The van der Waals surface area contributed by atoms with Crippen LogP contribution in [0.1, 0.15) is 21.3 Å². The molecule has 0 fully saturated rings. The molecule has 8 N–H and O–H groups in total. The second-order valence-corrected chi connectivity index (χ2v) is 9.05. The maximum absolute atomic E-state index is 11.8. The fourth-order valence-electron chi connectivity index (χ4n) is 2.47. The van der Waals surface area contributed by atoms with Crippen molar-refractivity contribution in [3.63, 3.8) is 0 Å². The number of allylic oxidation sites excluding steroid dienone is 1. The number of rotatable bonds is 5. The Bertz CT molecular complexity index is 1250. The van der Waals surface area contributed by atoms with E-state index in [0.717, 1.165) is 0 Å². The molecule has 1 aromatic heterocycles. The fraction of sp³-hybridized carbons (Fsp3) is 0.174. The first-order valence-corrected chi connectivity index (χ1v) is 12.6. The zero-order valence-corrected chi connectivity index (χ0v) is 23.3. The minimum atomic E-state index is -3.91. The number of carbonyl (C=O) groups excluding carboxylic acids is 2. The Labute approximate surface area is 238 Å². The van der Waals surface area contributed by atoms with Gasteiger partial charge in [-0.25, -0.2) is 18.5 Å². The minimum absolute atomic E-state index is 0. The van der Waals surface area contributed by atoms with E-state index >= 15 is 0 Å². The Morgan fingerprint density at radius 2 is 1.66 bits per heavy atom. The van der Waals surface area contributed by atoms with Gasteiger partial charge in [0.15, 0.2) is 12.2 Å². The van der Waals surface area contributed by atoms with Crippen LogP contribution in [0, 0.1) is 0 Å². The summed E-state index contributed by atoms with van der Waals surface area (Å²) in [5.41, 5.74) is 10.1. The highest BCUT2D eigenvalue weighted by Crippen LogP contribution is 2.37. The molecular weight excluding hydrogens is 576 g/mol. The van der Waals surface area contributed by atoms with Crippen molar-refractivity contribution in [3.05, 3.63) is 66.5 Å². The van der Waals surface area contributed by atoms with E-state index in [9.17, 15) is 8.42 Å². The van der Waals surface area contributed by atoms with Gasteiger partial charge >= 0.3 is 0 Å². The van der Waals surface area contributed by atoms with Crippen molar-refractivity contribution in [2.75, 3.05) is 6.61 Å². The van der Waals surface area contributed by atoms with Crippen molar-refractivity contribution in [1.82, 2.24) is 4.98 Å². The number of sulfonamides is 1. The van der Waals surface area contributed by atoms with Crippen LogP contribution in [0.25, 0.3) is 22.6 Å². The molecule has 0 aliphatic rings. The highest BCUT2D eigenvalue weighted by molar-refractivity contribution is 7.96. The topological polar surface area (TPSA) is 213 Å². The zero-order valence-electron chi connectivity index (χ0n) is 19.9. The van der Waals surface area contributed by atoms with Crippen LogP contribution >= 0.6 is 36.9 Å². The molecule has 1 heterocycles. The Kier molecular flexibility index (Phi) is 20.8. The first kappa shape index (κ1) is 39.5. The summed E-state index contributed by atoms with van der Waals surface area (Å²) < 4.78 is 34.6. The number of aromatic nitrogens is 1. The van der Waals surface area contributed by atoms with Crippen LogP contribution in [0.15, 0.2) is 70.8 Å². The SMILES string of the molecule is C.C=CC.CCOc1ccc(-c2ncoc2-c2ccccc2S(N)(=O)=O)cc1Cl.NC(=O)S.NC(=O)S.O. The second-order valence-electron chi connectivity index (χ2n) is 6.23. The number of hydrogen-bond acceptors (Lipinski definition) is 7. The normalized spacial score (nSPS) is 9.21. The number of thiol groups is 2. The first-order chi connectivity index (χ1) is 16.8. The van der Waals surface area contributed by atoms with Gasteiger partial charge in [0.05, 0.1) is 16.5 Å². The molecule has 2 aromatic carbocycles. The summed E-state index contributed by atoms with van der Waals surface area (Å²) in [6, 6.07) is 11.5. The first-order valence-electron chi connectivity index (χ1n) is 9.82. The molecule has 3 rings (SSSR count). The lowest BCUT2D eigenvalue weighted by molar-refractivity contribution is 0.266. The predicted molar refractivity (Wildman–Crippen MR) is 158 cm³/mol. The summed E-state index contributed by atoms with van der Waals surface area (Å²) in [6.07, 6.45) is 2.99. The molecule has 0 spiro atoms. The van der Waals surface area contributed by atoms with Crippen molar-refractivity contribution in [2.45, 2.75) is 26.2 Å². The number of hydrogen-bond donors (Lipinski definition) is 5. The van der Waals surface area contributed by atoms with Crippen molar-refractivity contribution in [2.24, 2.45) is 16.6 Å². The van der Waals surface area contributed by atoms with Crippen LogP contribution in [0.2, 0.25) is 5.02 Å². The van der Waals surface area contributed by atoms with Crippen LogP contribution in [0.3, 0.4) is 0 Å². The molecule has 212 valence electrons. The molecule has 15 heteroatoms. The van der Waals surface area contributed by atoms with Crippen LogP contribution < -0.4 is 21.3 Å². The molecule has 2 amide bonds. The van der Waals surface area contributed by atoms with Crippen LogP contribution in [-0.4, -0.2) is 36.0 Å². The molecule has 0 atom stereocenters. The van der Waals surface area contributed by atoms with E-state index in [0.29, 0.717) is 40.0 Å². The monoisotopic (exact) mass is 608 g/mol. The molecule has 3 aromatic rings. The number of nitrogens with zero attached hydrogens (tertiary/aromatic N) is 1. The maximum Gasteiger partial charge on any atom is 0.273 e. The number of oxazole rings is 1. The Morgan fingerprint density at radius 1 is 1.16 bits per heavy atom. The fourth-order valence-corrected chi connectivity index (χ4v) is 3.44. The maximum atomic E-state index is 11.8. The number of primary sulfonamides is 1. The Morgan fingerprint density at radius 3 is 2.11 bits per heavy atom. The predicted octanol–water partition coefficient (Wildman–Crippen LogP) is 4.70. The number of nitrogens with two attached hydrogens (primary N) is 3. The Hall–Kier alpha value is -3.01. The van der Waals surface area contributed by atoms with Gasteiger partial charge in [0, 0.05) is 11.1 Å². The van der Waals surface area contributed by atoms with Gasteiger partial charge in [-0.2, -0.15) is 0 Å². The third-order valence-electron chi connectivity index (χ3n) is 3.51. The number of amides is 2. The third-order valence-corrected chi connectivity index (χ3v) is 4.78. The lowest BCUT2D eigenvalue weighted by Crippen LogP contribution is -2.13. The average Bonchev–Trinajstić information content (AvgIpc) is 3.24. The molecule has 0 radical (unpaired) electrons. The van der Waals surface area contributed by atoms with Crippen LogP contribution in [0.5, 0.6) is 5.75 Å². The van der Waals surface area contributed by atoms with Crippen LogP contribution in [0.4, 0.5) is 9.59 Å². The minimum Gasteiger partial charge on any atom is -0.492 e. The van der Waals surface area contributed by atoms with Gasteiger partial charge < -0.3 is 26.1 Å². The van der Waals surface area contributed by atoms with Crippen molar-refractivity contribution < 1.29 is 32.6 Å². The molecule has 0 bridgehead atoms. The molecule has 38 heavy (non-hydrogen) atoms. The van der Waals surface area contributed by atoms with Gasteiger partial charge in [0.1, 0.15) is 11.4 Å². The van der Waals surface area contributed by atoms with E-state index < -0.39 is 20.5 Å². The largest absolute Gasteiger partial charge is 0.492 e. The highest BCUT2D eigenvalue weighted by Gasteiger charge is 2.21. The molecule has 0 aliphatic carbocycles. The van der Waals surface area contributed by atoms with Gasteiger partial charge in [-0.05, 0) is 44.2 Å². The molecule has 11 nitrogen and oxygen atoms in total. The number of benzene rings is 2. The van der Waals surface area contributed by atoms with Crippen molar-refractivity contribution in [3.8, 4) is 28.3 Å². The van der Waals surface area contributed by atoms with E-state index in [1.54, 1.807) is 42.5 Å². The van der Waals surface area contributed by atoms with Crippen molar-refractivity contribution >= 4 is 57.4 Å². The van der Waals surface area contributed by atoms with Gasteiger partial charge in [-0.15, -0.1) is 6.58 Å². The lowest BCUT2D eigenvalue weighted by Gasteiger charge is -2.09. The number of halogens is 1. The van der Waals surface area contributed by atoms with Crippen LogP contribution in [-0.2, 0) is 10.0 Å². The highest BCUT2D eigenvalue weighted by atomic mass is 35.5. The number of ether oxygens (including phenoxy) is 1. The lowest BCUT2D eigenvalue weighted by atomic mass is 10.1. The smallest absolute Gasteiger partial charge is 0.273 e. The molecular formula is C23H33ClN4O7S3. The number of primary amides is 2. The summed E-state index contributed by atoms with van der Waals surface area (Å²) in [5, 5.41) is 4.45. The summed E-state index contributed by atoms with van der Waals surface area (Å²) >= 11 is 12.4. The van der Waals surface area contributed by atoms with Crippen molar-refractivity contribution in [1.29, 1.82) is 0 Å². The third kappa shape index (κ3) is 14.7. The van der Waals surface area contributed by atoms with Gasteiger partial charge in [0.25, 0.3) is 10.5 Å². The molecule has 0 aliphatic heterocycles. The van der Waals surface area contributed by atoms with Gasteiger partial charge in [-0.1, -0.05) is 62.5 Å². The standard InChI is InChI=1S/C17H15ClN2O4S.C3H6.2CH3NOS.CH4.H2O/c1-2-23-14-8-7-11(9-13(14)18)16-17(24-10-20-16)12-5-3-4-6-15(12)25(19,21)22;1-3-2;2*2-1(3)4;;/h3-10H,2H2,1H3,(H2,19,21,22);3H,1H2,2H3;2*(H3,2,3,4);1H4;1H2. The van der Waals surface area contributed by atoms with E-state index in [1.165, 1.54) is 12.5 Å². The van der Waals surface area contributed by atoms with Gasteiger partial charge in [0.2, 0.25) is 10.0 Å². The van der Waals surface area contributed by atoms with E-state index in [2.05, 4.69) is 48.3 Å². The zero-order chi connectivity index (χ0) is 27.9. The van der Waals surface area contributed by atoms with E-state index in [-0.39, 0.29) is 17.8 Å². The summed E-state index contributed by atoms with van der Waals surface area (Å²) in [5.74, 6) is 0.854. The molecule has 0 saturated carbocycles. The summed E-state index contributed by atoms with van der Waals surface area (Å²) in [4.78, 5) is 22.3. The Balaban J connectivity index is -0.000000809. The summed E-state index contributed by atoms with van der Waals surface area (Å²) in [7, 11) is -3.91. The number of carbonyl (C=O) groups is 2. The summed E-state index contributed by atoms with van der Waals surface area (Å²) in [6.45, 7) is 7.61.